The number of hydrogen-bond donors (Lipinski definition) is 1. The smallest absolute Gasteiger partial charge is 0.252 e. The quantitative estimate of drug-likeness (QED) is 0.627. The van der Waals surface area contributed by atoms with E-state index < -0.39 is 6.10 Å². The lowest BCUT2D eigenvalue weighted by Gasteiger charge is -2.39. The molecule has 0 bridgehead atoms. The highest BCUT2D eigenvalue weighted by atomic mass is 35.5. The first-order valence-corrected chi connectivity index (χ1v) is 11.0. The lowest BCUT2D eigenvalue weighted by molar-refractivity contribution is -0.150. The molecule has 2 aliphatic heterocycles. The Morgan fingerprint density at radius 2 is 2.13 bits per heavy atom. The van der Waals surface area contributed by atoms with Crippen molar-refractivity contribution in [1.29, 1.82) is 0 Å². The number of carbonyl (C=O) groups excluding carboxylic acids is 1. The van der Waals surface area contributed by atoms with Crippen LogP contribution in [0.25, 0.3) is 11.0 Å². The number of carbonyl (C=O) groups is 1. The number of aromatic nitrogens is 4. The molecule has 5 rings (SSSR count). The van der Waals surface area contributed by atoms with Gasteiger partial charge in [0.2, 0.25) is 0 Å². The predicted molar refractivity (Wildman–Crippen MR) is 118 cm³/mol. The molecule has 2 aliphatic rings. The second kappa shape index (κ2) is 7.93. The zero-order valence-electron chi connectivity index (χ0n) is 17.0. The van der Waals surface area contributed by atoms with Crippen LogP contribution < -0.4 is 5.73 Å². The van der Waals surface area contributed by atoms with Gasteiger partial charge in [0.1, 0.15) is 17.4 Å². The highest BCUT2D eigenvalue weighted by molar-refractivity contribution is 6.35. The summed E-state index contributed by atoms with van der Waals surface area (Å²) in [5.41, 5.74) is 9.39. The Balaban J connectivity index is 1.38. The van der Waals surface area contributed by atoms with Gasteiger partial charge in [-0.05, 0) is 43.0 Å². The maximum atomic E-state index is 13.4. The van der Waals surface area contributed by atoms with Gasteiger partial charge < -0.3 is 15.4 Å². The number of nitrogen functional groups attached to an aromatic ring is 1. The zero-order chi connectivity index (χ0) is 21.7. The van der Waals surface area contributed by atoms with E-state index in [1.165, 1.54) is 0 Å². The van der Waals surface area contributed by atoms with E-state index in [0.717, 1.165) is 23.1 Å². The van der Waals surface area contributed by atoms with Crippen LogP contribution in [0.3, 0.4) is 0 Å². The fraction of sp³-hybridized carbons (Fsp3) is 0.429. The molecule has 0 radical (unpaired) electrons. The molecular weight excluding hydrogens is 439 g/mol. The number of benzene rings is 1. The van der Waals surface area contributed by atoms with Crippen LogP contribution in [0.4, 0.5) is 5.82 Å². The van der Waals surface area contributed by atoms with Crippen molar-refractivity contribution >= 4 is 46.0 Å². The molecule has 0 aliphatic carbocycles. The fourth-order valence-corrected chi connectivity index (χ4v) is 5.38. The molecule has 0 unspecified atom stereocenters. The number of halogens is 2. The summed E-state index contributed by atoms with van der Waals surface area (Å²) in [5.74, 6) is 0.382. The number of hydrogen-bond acceptors (Lipinski definition) is 6. The SMILES string of the molecule is C[C@H]1c2c(Cl)cc(Cl)cc2CCN1C(=O)[C@@H]1C[C@@H](n2nnc3cnc(N)cc32)CCO1. The van der Waals surface area contributed by atoms with Crippen LogP contribution in [0.2, 0.25) is 10.0 Å². The molecule has 10 heteroatoms. The minimum absolute atomic E-state index is 0.00993. The van der Waals surface area contributed by atoms with Crippen LogP contribution in [0.1, 0.15) is 43.0 Å². The van der Waals surface area contributed by atoms with Crippen LogP contribution in [0, 0.1) is 0 Å². The van der Waals surface area contributed by atoms with Crippen molar-refractivity contribution in [2.45, 2.75) is 44.4 Å². The Labute approximate surface area is 189 Å². The number of rotatable bonds is 2. The largest absolute Gasteiger partial charge is 0.384 e. The van der Waals surface area contributed by atoms with Crippen molar-refractivity contribution in [3.63, 3.8) is 0 Å². The van der Waals surface area contributed by atoms with Crippen LogP contribution in [0.15, 0.2) is 24.4 Å². The molecular formula is C21H22Cl2N6O2. The van der Waals surface area contributed by atoms with Gasteiger partial charge in [0.05, 0.1) is 23.8 Å². The van der Waals surface area contributed by atoms with Crippen molar-refractivity contribution in [3.8, 4) is 0 Å². The summed E-state index contributed by atoms with van der Waals surface area (Å²) in [7, 11) is 0. The second-order valence-corrected chi connectivity index (χ2v) is 8.93. The van der Waals surface area contributed by atoms with Gasteiger partial charge in [0.15, 0.2) is 0 Å². The van der Waals surface area contributed by atoms with Crippen LogP contribution in [-0.2, 0) is 16.0 Å². The van der Waals surface area contributed by atoms with Gasteiger partial charge in [-0.1, -0.05) is 28.4 Å². The lowest BCUT2D eigenvalue weighted by Crippen LogP contribution is -2.47. The summed E-state index contributed by atoms with van der Waals surface area (Å²) in [6.07, 6.45) is 3.03. The maximum absolute atomic E-state index is 13.4. The van der Waals surface area contributed by atoms with E-state index in [1.54, 1.807) is 18.3 Å². The minimum atomic E-state index is -0.549. The van der Waals surface area contributed by atoms with E-state index in [1.807, 2.05) is 22.6 Å². The number of anilines is 1. The maximum Gasteiger partial charge on any atom is 0.252 e. The Morgan fingerprint density at radius 3 is 2.97 bits per heavy atom. The number of nitrogens with zero attached hydrogens (tertiary/aromatic N) is 5. The van der Waals surface area contributed by atoms with Crippen LogP contribution >= 0.6 is 23.2 Å². The van der Waals surface area contributed by atoms with Crippen molar-refractivity contribution < 1.29 is 9.53 Å². The van der Waals surface area contributed by atoms with Crippen molar-refractivity contribution in [3.05, 3.63) is 45.6 Å². The molecule has 3 aromatic rings. The topological polar surface area (TPSA) is 99.2 Å². The van der Waals surface area contributed by atoms with Gasteiger partial charge >= 0.3 is 0 Å². The van der Waals surface area contributed by atoms with Gasteiger partial charge in [-0.2, -0.15) is 0 Å². The molecule has 1 saturated heterocycles. The van der Waals surface area contributed by atoms with Crippen molar-refractivity contribution in [1.82, 2.24) is 24.9 Å². The molecule has 1 amide bonds. The van der Waals surface area contributed by atoms with E-state index in [4.69, 9.17) is 33.7 Å². The Hall–Kier alpha value is -2.42. The standard InChI is InChI=1S/C21H22Cl2N6O2/c1-11-20-12(6-13(22)7-15(20)23)2-4-28(11)21(30)18-8-14(3-5-31-18)29-17-9-19(24)25-10-16(17)26-27-29/h6-7,9-11,14,18H,2-5,8H2,1H3,(H2,24,25)/t11-,14-,18-/m0/s1. The molecule has 31 heavy (non-hydrogen) atoms. The number of nitrogens with two attached hydrogens (primary N) is 1. The van der Waals surface area contributed by atoms with E-state index in [-0.39, 0.29) is 18.0 Å². The molecule has 8 nitrogen and oxygen atoms in total. The number of amides is 1. The van der Waals surface area contributed by atoms with Gasteiger partial charge in [0.25, 0.3) is 5.91 Å². The Morgan fingerprint density at radius 1 is 1.29 bits per heavy atom. The van der Waals surface area contributed by atoms with E-state index >= 15 is 0 Å². The van der Waals surface area contributed by atoms with E-state index in [9.17, 15) is 4.79 Å². The molecule has 3 atom stereocenters. The summed E-state index contributed by atoms with van der Waals surface area (Å²) in [6, 6.07) is 5.27. The molecule has 1 aromatic carbocycles. The number of fused-ring (bicyclic) bond motifs is 2. The average molecular weight is 461 g/mol. The summed E-state index contributed by atoms with van der Waals surface area (Å²) in [5, 5.41) is 9.68. The normalized spacial score (nSPS) is 23.7. The number of ether oxygens (including phenoxy) is 1. The third-order valence-corrected chi connectivity index (χ3v) is 6.76. The van der Waals surface area contributed by atoms with Gasteiger partial charge in [-0.3, -0.25) is 4.79 Å². The fourth-order valence-electron chi connectivity index (χ4n) is 4.69. The molecule has 0 saturated carbocycles. The first-order valence-electron chi connectivity index (χ1n) is 10.3. The summed E-state index contributed by atoms with van der Waals surface area (Å²) < 4.78 is 7.74. The van der Waals surface area contributed by atoms with Crippen molar-refractivity contribution in [2.24, 2.45) is 0 Å². The summed E-state index contributed by atoms with van der Waals surface area (Å²) >= 11 is 12.6. The molecule has 162 valence electrons. The molecule has 1 fully saturated rings. The molecule has 0 spiro atoms. The first-order chi connectivity index (χ1) is 14.9. The van der Waals surface area contributed by atoms with Crippen molar-refractivity contribution in [2.75, 3.05) is 18.9 Å². The predicted octanol–water partition coefficient (Wildman–Crippen LogP) is 3.58. The van der Waals surface area contributed by atoms with Gasteiger partial charge in [0, 0.05) is 35.7 Å². The highest BCUT2D eigenvalue weighted by Crippen LogP contribution is 2.38. The first kappa shape index (κ1) is 20.5. The summed E-state index contributed by atoms with van der Waals surface area (Å²) in [6.45, 7) is 3.07. The average Bonchev–Trinajstić information content (AvgIpc) is 3.16. The lowest BCUT2D eigenvalue weighted by atomic mass is 9.92. The van der Waals surface area contributed by atoms with E-state index in [2.05, 4.69) is 15.3 Å². The zero-order valence-corrected chi connectivity index (χ0v) is 18.5. The van der Waals surface area contributed by atoms with Gasteiger partial charge in [-0.25, -0.2) is 9.67 Å². The summed E-state index contributed by atoms with van der Waals surface area (Å²) in [4.78, 5) is 19.4. The minimum Gasteiger partial charge on any atom is -0.384 e. The van der Waals surface area contributed by atoms with Crippen LogP contribution in [0.5, 0.6) is 0 Å². The second-order valence-electron chi connectivity index (χ2n) is 8.09. The number of pyridine rings is 1. The third-order valence-electron chi connectivity index (χ3n) is 6.23. The Kier molecular flexibility index (Phi) is 5.24. The molecule has 2 N–H and O–H groups in total. The monoisotopic (exact) mass is 460 g/mol. The molecule has 2 aromatic heterocycles. The third kappa shape index (κ3) is 3.62. The highest BCUT2D eigenvalue weighted by Gasteiger charge is 2.37. The Bertz CT molecular complexity index is 1170. The van der Waals surface area contributed by atoms with Gasteiger partial charge in [-0.15, -0.1) is 5.10 Å². The molecule has 4 heterocycles. The van der Waals surface area contributed by atoms with E-state index in [0.29, 0.717) is 47.4 Å². The van der Waals surface area contributed by atoms with Crippen LogP contribution in [-0.4, -0.2) is 50.0 Å².